The lowest BCUT2D eigenvalue weighted by Gasteiger charge is -2.07. The van der Waals surface area contributed by atoms with Crippen molar-refractivity contribution < 1.29 is 4.74 Å². The minimum absolute atomic E-state index is 0.667. The Balaban J connectivity index is 1.90. The molecule has 0 saturated carbocycles. The first-order valence-electron chi connectivity index (χ1n) is 5.37. The molecule has 3 heteroatoms. The van der Waals surface area contributed by atoms with Gasteiger partial charge in [0.25, 0.3) is 0 Å². The van der Waals surface area contributed by atoms with Crippen LogP contribution in [0.4, 0.5) is 0 Å². The standard InChI is InChI=1S/C14H12ClIO/c15-12-8-13(16)10-14(9-12)17-7-6-11-4-2-1-3-5-11/h1-5,8-10H,6-7H2. The van der Waals surface area contributed by atoms with Crippen molar-refractivity contribution in [3.63, 3.8) is 0 Å². The molecule has 2 aromatic carbocycles. The van der Waals surface area contributed by atoms with Crippen molar-refractivity contribution in [3.05, 3.63) is 62.7 Å². The Kier molecular flexibility index (Phi) is 4.68. The highest BCUT2D eigenvalue weighted by atomic mass is 127. The highest BCUT2D eigenvalue weighted by molar-refractivity contribution is 14.1. The van der Waals surface area contributed by atoms with E-state index in [1.54, 1.807) is 0 Å². The Morgan fingerprint density at radius 3 is 2.53 bits per heavy atom. The van der Waals surface area contributed by atoms with Crippen LogP contribution in [0.2, 0.25) is 5.02 Å². The largest absolute Gasteiger partial charge is 0.493 e. The topological polar surface area (TPSA) is 9.23 Å². The molecule has 2 rings (SSSR count). The van der Waals surface area contributed by atoms with Crippen LogP contribution < -0.4 is 4.74 Å². The van der Waals surface area contributed by atoms with Crippen molar-refractivity contribution >= 4 is 34.2 Å². The molecule has 0 bridgehead atoms. The van der Waals surface area contributed by atoms with Gasteiger partial charge in [-0.25, -0.2) is 0 Å². The molecular weight excluding hydrogens is 347 g/mol. The van der Waals surface area contributed by atoms with Crippen molar-refractivity contribution in [1.29, 1.82) is 0 Å². The molecule has 0 saturated heterocycles. The maximum absolute atomic E-state index is 5.96. The molecule has 0 N–H and O–H groups in total. The Hall–Kier alpha value is -0.740. The van der Waals surface area contributed by atoms with Gasteiger partial charge in [-0.1, -0.05) is 41.9 Å². The van der Waals surface area contributed by atoms with Crippen LogP contribution in [0, 0.1) is 3.57 Å². The van der Waals surface area contributed by atoms with Gasteiger partial charge in [-0.2, -0.15) is 0 Å². The van der Waals surface area contributed by atoms with Gasteiger partial charge in [-0.3, -0.25) is 0 Å². The average Bonchev–Trinajstić information content (AvgIpc) is 2.29. The van der Waals surface area contributed by atoms with Crippen molar-refractivity contribution in [2.45, 2.75) is 6.42 Å². The van der Waals surface area contributed by atoms with E-state index in [9.17, 15) is 0 Å². The van der Waals surface area contributed by atoms with E-state index in [1.807, 2.05) is 36.4 Å². The molecule has 0 aliphatic rings. The smallest absolute Gasteiger partial charge is 0.121 e. The summed E-state index contributed by atoms with van der Waals surface area (Å²) in [6, 6.07) is 16.0. The third-order valence-corrected chi connectivity index (χ3v) is 3.18. The minimum Gasteiger partial charge on any atom is -0.493 e. The molecule has 0 atom stereocenters. The van der Waals surface area contributed by atoms with E-state index in [0.29, 0.717) is 11.6 Å². The highest BCUT2D eigenvalue weighted by Crippen LogP contribution is 2.22. The van der Waals surface area contributed by atoms with Crippen LogP contribution in [0.15, 0.2) is 48.5 Å². The van der Waals surface area contributed by atoms with Crippen LogP contribution in [0.25, 0.3) is 0 Å². The number of hydrogen-bond acceptors (Lipinski definition) is 1. The summed E-state index contributed by atoms with van der Waals surface area (Å²) in [5, 5.41) is 0.714. The fraction of sp³-hybridized carbons (Fsp3) is 0.143. The molecule has 0 heterocycles. The molecule has 0 unspecified atom stereocenters. The van der Waals surface area contributed by atoms with E-state index in [1.165, 1.54) is 5.56 Å². The summed E-state index contributed by atoms with van der Waals surface area (Å²) in [6.07, 6.45) is 0.907. The first-order chi connectivity index (χ1) is 8.24. The molecule has 0 amide bonds. The molecule has 2 aromatic rings. The second-order valence-electron chi connectivity index (χ2n) is 3.69. The summed E-state index contributed by atoms with van der Waals surface area (Å²) < 4.78 is 6.77. The van der Waals surface area contributed by atoms with Gasteiger partial charge in [-0.15, -0.1) is 0 Å². The maximum atomic E-state index is 5.96. The maximum Gasteiger partial charge on any atom is 0.121 e. The summed E-state index contributed by atoms with van der Waals surface area (Å²) in [7, 11) is 0. The molecule has 1 nitrogen and oxygen atoms in total. The highest BCUT2D eigenvalue weighted by Gasteiger charge is 1.99. The molecule has 88 valence electrons. The summed E-state index contributed by atoms with van der Waals surface area (Å²) >= 11 is 8.19. The SMILES string of the molecule is Clc1cc(I)cc(OCCc2ccccc2)c1. The Morgan fingerprint density at radius 2 is 1.82 bits per heavy atom. The zero-order valence-corrected chi connectivity index (χ0v) is 12.1. The summed E-state index contributed by atoms with van der Waals surface area (Å²) in [6.45, 7) is 0.667. The molecule has 0 aliphatic carbocycles. The predicted molar refractivity (Wildman–Crippen MR) is 79.8 cm³/mol. The average molecular weight is 359 g/mol. The van der Waals surface area contributed by atoms with Crippen LogP contribution in [-0.4, -0.2) is 6.61 Å². The van der Waals surface area contributed by atoms with Gasteiger partial charge in [0.1, 0.15) is 5.75 Å². The van der Waals surface area contributed by atoms with E-state index in [2.05, 4.69) is 34.7 Å². The second kappa shape index (κ2) is 6.26. The van der Waals surface area contributed by atoms with Gasteiger partial charge in [0.2, 0.25) is 0 Å². The van der Waals surface area contributed by atoms with Crippen LogP contribution >= 0.6 is 34.2 Å². The fourth-order valence-corrected chi connectivity index (χ4v) is 2.59. The van der Waals surface area contributed by atoms with Crippen LogP contribution in [0.5, 0.6) is 5.75 Å². The van der Waals surface area contributed by atoms with Gasteiger partial charge in [0, 0.05) is 15.0 Å². The second-order valence-corrected chi connectivity index (χ2v) is 5.37. The van der Waals surface area contributed by atoms with E-state index >= 15 is 0 Å². The van der Waals surface area contributed by atoms with Gasteiger partial charge in [-0.05, 0) is 46.4 Å². The van der Waals surface area contributed by atoms with E-state index < -0.39 is 0 Å². The number of ether oxygens (including phenoxy) is 1. The lowest BCUT2D eigenvalue weighted by molar-refractivity contribution is 0.322. The zero-order chi connectivity index (χ0) is 12.1. The van der Waals surface area contributed by atoms with E-state index in [4.69, 9.17) is 16.3 Å². The lowest BCUT2D eigenvalue weighted by atomic mass is 10.2. The van der Waals surface area contributed by atoms with Crippen LogP contribution in [0.1, 0.15) is 5.56 Å². The van der Waals surface area contributed by atoms with Crippen molar-refractivity contribution in [3.8, 4) is 5.75 Å². The van der Waals surface area contributed by atoms with Crippen LogP contribution in [-0.2, 0) is 6.42 Å². The first-order valence-corrected chi connectivity index (χ1v) is 6.82. The van der Waals surface area contributed by atoms with Crippen molar-refractivity contribution in [1.82, 2.24) is 0 Å². The lowest BCUT2D eigenvalue weighted by Crippen LogP contribution is -2.01. The number of halogens is 2. The molecule has 17 heavy (non-hydrogen) atoms. The monoisotopic (exact) mass is 358 g/mol. The minimum atomic E-state index is 0.667. The van der Waals surface area contributed by atoms with Gasteiger partial charge in [0.05, 0.1) is 6.61 Å². The summed E-state index contributed by atoms with van der Waals surface area (Å²) in [5.74, 6) is 0.831. The number of rotatable bonds is 4. The van der Waals surface area contributed by atoms with Crippen molar-refractivity contribution in [2.24, 2.45) is 0 Å². The summed E-state index contributed by atoms with van der Waals surface area (Å²) in [4.78, 5) is 0. The van der Waals surface area contributed by atoms with Gasteiger partial charge < -0.3 is 4.74 Å². The number of hydrogen-bond donors (Lipinski definition) is 0. The molecule has 0 spiro atoms. The molecule has 0 fully saturated rings. The zero-order valence-electron chi connectivity index (χ0n) is 9.20. The predicted octanol–water partition coefficient (Wildman–Crippen LogP) is 4.57. The first kappa shape index (κ1) is 12.7. The Bertz CT molecular complexity index is 465. The fourth-order valence-electron chi connectivity index (χ4n) is 1.54. The Labute approximate surface area is 120 Å². The normalized spacial score (nSPS) is 10.2. The van der Waals surface area contributed by atoms with Crippen molar-refractivity contribution in [2.75, 3.05) is 6.61 Å². The van der Waals surface area contributed by atoms with Gasteiger partial charge >= 0.3 is 0 Å². The van der Waals surface area contributed by atoms with E-state index in [0.717, 1.165) is 15.7 Å². The van der Waals surface area contributed by atoms with E-state index in [-0.39, 0.29) is 0 Å². The Morgan fingerprint density at radius 1 is 1.06 bits per heavy atom. The molecular formula is C14H12ClIO. The quantitative estimate of drug-likeness (QED) is 0.728. The van der Waals surface area contributed by atoms with Gasteiger partial charge in [0.15, 0.2) is 0 Å². The molecule has 0 aromatic heterocycles. The number of benzene rings is 2. The molecule has 0 aliphatic heterocycles. The third kappa shape index (κ3) is 4.21. The van der Waals surface area contributed by atoms with Crippen LogP contribution in [0.3, 0.4) is 0 Å². The molecule has 0 radical (unpaired) electrons. The third-order valence-electron chi connectivity index (χ3n) is 2.34. The summed E-state index contributed by atoms with van der Waals surface area (Å²) in [5.41, 5.74) is 1.28.